The first kappa shape index (κ1) is 25.4. The Balaban J connectivity index is 3.24. The van der Waals surface area contributed by atoms with Crippen LogP contribution in [-0.2, 0) is 4.79 Å². The molecule has 0 bridgehead atoms. The third-order valence-corrected chi connectivity index (χ3v) is 5.35. The molecule has 0 amide bonds. The lowest BCUT2D eigenvalue weighted by Crippen LogP contribution is -2.40. The molecule has 2 N–H and O–H groups in total. The largest absolute Gasteiger partial charge is 0.481 e. The Bertz CT molecular complexity index is 315. The first-order chi connectivity index (χ1) is 12.5. The van der Waals surface area contributed by atoms with Gasteiger partial charge in [-0.15, -0.1) is 0 Å². The third kappa shape index (κ3) is 19.8. The zero-order valence-electron chi connectivity index (χ0n) is 18.1. The van der Waals surface area contributed by atoms with E-state index in [0.717, 1.165) is 6.42 Å². The van der Waals surface area contributed by atoms with Crippen molar-refractivity contribution >= 4 is 5.97 Å². The molecule has 156 valence electrons. The predicted molar refractivity (Wildman–Crippen MR) is 114 cm³/mol. The second kappa shape index (κ2) is 17.8. The predicted octanol–water partition coefficient (Wildman–Crippen LogP) is 7.09. The van der Waals surface area contributed by atoms with Gasteiger partial charge in [-0.2, -0.15) is 0 Å². The molecule has 0 aromatic carbocycles. The summed E-state index contributed by atoms with van der Waals surface area (Å²) in [6, 6.07) is 0. The molecule has 0 aliphatic carbocycles. The van der Waals surface area contributed by atoms with Gasteiger partial charge in [-0.1, -0.05) is 103 Å². The normalized spacial score (nSPS) is 11.8. The van der Waals surface area contributed by atoms with Crippen molar-refractivity contribution in [3.05, 3.63) is 0 Å². The quantitative estimate of drug-likeness (QED) is 0.225. The molecule has 0 aromatic rings. The summed E-state index contributed by atoms with van der Waals surface area (Å²) in [4.78, 5) is 10.6. The van der Waals surface area contributed by atoms with Crippen LogP contribution in [0.3, 0.4) is 0 Å². The molecule has 0 unspecified atom stereocenters. The van der Waals surface area contributed by atoms with Gasteiger partial charge in [0, 0.05) is 12.1 Å². The van der Waals surface area contributed by atoms with Crippen LogP contribution >= 0.6 is 0 Å². The molecule has 3 heteroatoms. The van der Waals surface area contributed by atoms with E-state index < -0.39 is 5.97 Å². The van der Waals surface area contributed by atoms with Crippen molar-refractivity contribution in [3.8, 4) is 0 Å². The van der Waals surface area contributed by atoms with Gasteiger partial charge in [0.1, 0.15) is 0 Å². The average Bonchev–Trinajstić information content (AvgIpc) is 2.57. The van der Waals surface area contributed by atoms with Gasteiger partial charge in [-0.3, -0.25) is 4.79 Å². The molecule has 0 saturated heterocycles. The first-order valence-corrected chi connectivity index (χ1v) is 11.4. The monoisotopic (exact) mass is 369 g/mol. The van der Waals surface area contributed by atoms with Gasteiger partial charge in [0.2, 0.25) is 0 Å². The Kier molecular flexibility index (Phi) is 17.4. The molecule has 0 spiro atoms. The van der Waals surface area contributed by atoms with Crippen LogP contribution in [0.5, 0.6) is 0 Å². The maximum absolute atomic E-state index is 10.6. The van der Waals surface area contributed by atoms with E-state index >= 15 is 0 Å². The zero-order chi connectivity index (χ0) is 19.5. The minimum Gasteiger partial charge on any atom is -0.481 e. The van der Waals surface area contributed by atoms with Crippen LogP contribution in [0.4, 0.5) is 0 Å². The number of hydrogen-bond donors (Lipinski definition) is 2. The van der Waals surface area contributed by atoms with Crippen LogP contribution in [0.1, 0.15) is 130 Å². The molecule has 3 nitrogen and oxygen atoms in total. The van der Waals surface area contributed by atoms with E-state index in [1.165, 1.54) is 96.3 Å². The van der Waals surface area contributed by atoms with Gasteiger partial charge in [0.25, 0.3) is 0 Å². The minimum absolute atomic E-state index is 0.0615. The summed E-state index contributed by atoms with van der Waals surface area (Å²) in [5, 5.41) is 12.0. The molecular formula is C23H47NO2. The third-order valence-electron chi connectivity index (χ3n) is 5.35. The molecule has 0 atom stereocenters. The van der Waals surface area contributed by atoms with Gasteiger partial charge < -0.3 is 10.4 Å². The molecule has 0 rings (SSSR count). The van der Waals surface area contributed by atoms with Gasteiger partial charge >= 0.3 is 5.97 Å². The molecule has 0 aliphatic heterocycles. The number of hydrogen-bond acceptors (Lipinski definition) is 2. The SMILES string of the molecule is CCCCCCCCCCCCCCCCCC(C)(C)NCCC(=O)O. The maximum Gasteiger partial charge on any atom is 0.304 e. The van der Waals surface area contributed by atoms with Crippen LogP contribution in [0.15, 0.2) is 0 Å². The molecule has 0 heterocycles. The molecule has 0 aliphatic rings. The highest BCUT2D eigenvalue weighted by atomic mass is 16.4. The summed E-state index contributed by atoms with van der Waals surface area (Å²) in [6.45, 7) is 7.21. The molecule has 0 radical (unpaired) electrons. The zero-order valence-corrected chi connectivity index (χ0v) is 18.1. The number of aliphatic carboxylic acids is 1. The minimum atomic E-state index is -0.722. The molecule has 26 heavy (non-hydrogen) atoms. The van der Waals surface area contributed by atoms with E-state index in [4.69, 9.17) is 5.11 Å². The van der Waals surface area contributed by atoms with Crippen molar-refractivity contribution < 1.29 is 9.90 Å². The van der Waals surface area contributed by atoms with Gasteiger partial charge in [-0.05, 0) is 20.3 Å². The van der Waals surface area contributed by atoms with Crippen molar-refractivity contribution in [1.82, 2.24) is 5.32 Å². The molecule has 0 fully saturated rings. The lowest BCUT2D eigenvalue weighted by molar-refractivity contribution is -0.136. The fourth-order valence-corrected chi connectivity index (χ4v) is 3.53. The second-order valence-corrected chi connectivity index (χ2v) is 8.65. The van der Waals surface area contributed by atoms with E-state index in [1.807, 2.05) is 0 Å². The van der Waals surface area contributed by atoms with E-state index in [9.17, 15) is 4.79 Å². The highest BCUT2D eigenvalue weighted by molar-refractivity contribution is 5.66. The van der Waals surface area contributed by atoms with E-state index in [-0.39, 0.29) is 12.0 Å². The Hall–Kier alpha value is -0.570. The Morgan fingerprint density at radius 2 is 1.12 bits per heavy atom. The van der Waals surface area contributed by atoms with Crippen LogP contribution in [-0.4, -0.2) is 23.2 Å². The average molecular weight is 370 g/mol. The first-order valence-electron chi connectivity index (χ1n) is 11.4. The number of unbranched alkanes of at least 4 members (excludes halogenated alkanes) is 14. The highest BCUT2D eigenvalue weighted by Crippen LogP contribution is 2.17. The van der Waals surface area contributed by atoms with Gasteiger partial charge in [0.15, 0.2) is 0 Å². The van der Waals surface area contributed by atoms with Crippen molar-refractivity contribution in [2.75, 3.05) is 6.54 Å². The smallest absolute Gasteiger partial charge is 0.304 e. The van der Waals surface area contributed by atoms with Crippen molar-refractivity contribution in [2.45, 2.75) is 135 Å². The van der Waals surface area contributed by atoms with E-state index in [1.54, 1.807) is 0 Å². The Labute approximate surface area is 163 Å². The summed E-state index contributed by atoms with van der Waals surface area (Å²) in [6.07, 6.45) is 22.3. The fraction of sp³-hybridized carbons (Fsp3) is 0.957. The number of rotatable bonds is 20. The fourth-order valence-electron chi connectivity index (χ4n) is 3.53. The summed E-state index contributed by atoms with van der Waals surface area (Å²) in [5.74, 6) is -0.722. The Morgan fingerprint density at radius 3 is 1.50 bits per heavy atom. The second-order valence-electron chi connectivity index (χ2n) is 8.65. The summed E-state index contributed by atoms with van der Waals surface area (Å²) >= 11 is 0. The van der Waals surface area contributed by atoms with E-state index in [0.29, 0.717) is 6.54 Å². The summed E-state index contributed by atoms with van der Waals surface area (Å²) in [7, 11) is 0. The number of carboxylic acids is 1. The van der Waals surface area contributed by atoms with Crippen molar-refractivity contribution in [1.29, 1.82) is 0 Å². The lowest BCUT2D eigenvalue weighted by atomic mass is 9.95. The van der Waals surface area contributed by atoms with Gasteiger partial charge in [-0.25, -0.2) is 0 Å². The maximum atomic E-state index is 10.6. The van der Waals surface area contributed by atoms with Crippen molar-refractivity contribution in [2.24, 2.45) is 0 Å². The van der Waals surface area contributed by atoms with Crippen LogP contribution in [0.25, 0.3) is 0 Å². The number of carboxylic acid groups (broad SMARTS) is 1. The molecular weight excluding hydrogens is 322 g/mol. The van der Waals surface area contributed by atoms with Crippen molar-refractivity contribution in [3.63, 3.8) is 0 Å². The van der Waals surface area contributed by atoms with Crippen LogP contribution in [0, 0.1) is 0 Å². The van der Waals surface area contributed by atoms with Crippen LogP contribution < -0.4 is 5.32 Å². The lowest BCUT2D eigenvalue weighted by Gasteiger charge is -2.26. The molecule has 0 saturated carbocycles. The van der Waals surface area contributed by atoms with E-state index in [2.05, 4.69) is 26.1 Å². The van der Waals surface area contributed by atoms with Gasteiger partial charge in [0.05, 0.1) is 6.42 Å². The molecule has 0 aromatic heterocycles. The topological polar surface area (TPSA) is 49.3 Å². The van der Waals surface area contributed by atoms with Crippen LogP contribution in [0.2, 0.25) is 0 Å². The highest BCUT2D eigenvalue weighted by Gasteiger charge is 2.16. The standard InChI is InChI=1S/C23H47NO2/c1-4-5-6-7-8-9-10-11-12-13-14-15-16-17-18-20-23(2,3)24-21-19-22(25)26/h24H,4-21H2,1-3H3,(H,25,26). The Morgan fingerprint density at radius 1 is 0.731 bits per heavy atom. The number of nitrogens with one attached hydrogen (secondary N) is 1. The number of carbonyl (C=O) groups is 1. The summed E-state index contributed by atoms with van der Waals surface area (Å²) in [5.41, 5.74) is 0.0615. The summed E-state index contributed by atoms with van der Waals surface area (Å²) < 4.78 is 0.